The Bertz CT molecular complexity index is 907. The molecular weight excluding hydrogens is 342 g/mol. The van der Waals surface area contributed by atoms with Crippen molar-refractivity contribution in [3.8, 4) is 5.75 Å². The largest absolute Gasteiger partial charge is 0.489 e. The minimum atomic E-state index is -0.352. The highest BCUT2D eigenvalue weighted by atomic mass is 35.5. The van der Waals surface area contributed by atoms with Crippen LogP contribution < -0.4 is 15.7 Å². The number of hydrogen-bond donors (Lipinski definition) is 2. The zero-order chi connectivity index (χ0) is 17.5. The minimum Gasteiger partial charge on any atom is -0.489 e. The summed E-state index contributed by atoms with van der Waals surface area (Å²) in [6.07, 6.45) is 2.67. The molecule has 0 amide bonds. The molecule has 0 aliphatic rings. The number of aromatic amines is 1. The van der Waals surface area contributed by atoms with Crippen molar-refractivity contribution in [1.82, 2.24) is 15.2 Å². The van der Waals surface area contributed by atoms with Crippen molar-refractivity contribution in [2.24, 2.45) is 5.10 Å². The second-order valence-corrected chi connectivity index (χ2v) is 5.47. The molecule has 8 heteroatoms. The van der Waals surface area contributed by atoms with E-state index in [2.05, 4.69) is 25.7 Å². The van der Waals surface area contributed by atoms with Gasteiger partial charge in [-0.15, -0.1) is 10.2 Å². The van der Waals surface area contributed by atoms with E-state index in [-0.39, 0.29) is 11.5 Å². The number of halogens is 1. The lowest BCUT2D eigenvalue weighted by atomic mass is 10.2. The van der Waals surface area contributed by atoms with E-state index in [1.165, 1.54) is 0 Å². The third-order valence-corrected chi connectivity index (χ3v) is 3.41. The van der Waals surface area contributed by atoms with Gasteiger partial charge in [0.2, 0.25) is 5.95 Å². The average Bonchev–Trinajstić information content (AvgIpc) is 2.62. The Morgan fingerprint density at radius 2 is 1.92 bits per heavy atom. The number of anilines is 1. The van der Waals surface area contributed by atoms with Crippen LogP contribution in [-0.2, 0) is 6.61 Å². The Kier molecular flexibility index (Phi) is 5.38. The molecule has 3 rings (SSSR count). The van der Waals surface area contributed by atoms with Gasteiger partial charge in [0.1, 0.15) is 18.6 Å². The fourth-order valence-electron chi connectivity index (χ4n) is 1.93. The number of ether oxygens (including phenoxy) is 1. The van der Waals surface area contributed by atoms with Crippen molar-refractivity contribution in [3.63, 3.8) is 0 Å². The van der Waals surface area contributed by atoms with Crippen LogP contribution in [0.25, 0.3) is 0 Å². The number of benzene rings is 2. The van der Waals surface area contributed by atoms with Crippen LogP contribution in [0.15, 0.2) is 64.6 Å². The van der Waals surface area contributed by atoms with E-state index in [0.717, 1.165) is 23.1 Å². The molecule has 126 valence electrons. The molecule has 7 nitrogen and oxygen atoms in total. The van der Waals surface area contributed by atoms with Gasteiger partial charge in [0.25, 0.3) is 5.56 Å². The van der Waals surface area contributed by atoms with Crippen molar-refractivity contribution < 1.29 is 4.74 Å². The Morgan fingerprint density at radius 3 is 2.64 bits per heavy atom. The smallest absolute Gasteiger partial charge is 0.271 e. The molecule has 0 saturated heterocycles. The van der Waals surface area contributed by atoms with Gasteiger partial charge in [0.15, 0.2) is 0 Å². The monoisotopic (exact) mass is 355 g/mol. The highest BCUT2D eigenvalue weighted by Gasteiger charge is 1.97. The molecular formula is C17H14ClN5O2. The zero-order valence-electron chi connectivity index (χ0n) is 13.0. The van der Waals surface area contributed by atoms with Gasteiger partial charge in [-0.1, -0.05) is 23.7 Å². The summed E-state index contributed by atoms with van der Waals surface area (Å²) in [5.74, 6) is 0.921. The standard InChI is InChI=1S/C17H14ClN5O2/c18-14-5-1-13(2-6-14)11-25-15-7-3-12(4-8-15)9-19-22-17-21-16(24)10-20-23-17/h1-10H,11H2,(H2,21,22,23,24)/b19-9+. The van der Waals surface area contributed by atoms with Crippen molar-refractivity contribution in [1.29, 1.82) is 0 Å². The van der Waals surface area contributed by atoms with Crippen molar-refractivity contribution in [3.05, 3.63) is 81.2 Å². The first-order chi connectivity index (χ1) is 12.2. The summed E-state index contributed by atoms with van der Waals surface area (Å²) in [5, 5.41) is 11.9. The maximum atomic E-state index is 11.1. The minimum absolute atomic E-state index is 0.173. The molecule has 0 atom stereocenters. The van der Waals surface area contributed by atoms with Gasteiger partial charge in [-0.05, 0) is 47.5 Å². The van der Waals surface area contributed by atoms with E-state index in [4.69, 9.17) is 16.3 Å². The SMILES string of the molecule is O=c1cnnc(N/N=C/c2ccc(OCc3ccc(Cl)cc3)cc2)[nH]1. The number of nitrogens with zero attached hydrogens (tertiary/aromatic N) is 3. The van der Waals surface area contributed by atoms with Crippen molar-refractivity contribution in [2.45, 2.75) is 6.61 Å². The molecule has 1 aromatic heterocycles. The van der Waals surface area contributed by atoms with Crippen LogP contribution >= 0.6 is 11.6 Å². The maximum absolute atomic E-state index is 11.1. The lowest BCUT2D eigenvalue weighted by molar-refractivity contribution is 0.306. The van der Waals surface area contributed by atoms with Gasteiger partial charge < -0.3 is 4.74 Å². The molecule has 2 N–H and O–H groups in total. The van der Waals surface area contributed by atoms with Crippen LogP contribution in [0.4, 0.5) is 5.95 Å². The summed E-state index contributed by atoms with van der Waals surface area (Å²) in [6.45, 7) is 0.464. The molecule has 0 bridgehead atoms. The van der Waals surface area contributed by atoms with Crippen LogP contribution in [0, 0.1) is 0 Å². The molecule has 0 radical (unpaired) electrons. The molecule has 25 heavy (non-hydrogen) atoms. The molecule has 0 spiro atoms. The summed E-state index contributed by atoms with van der Waals surface area (Å²) >= 11 is 5.85. The Labute approximate surface area is 148 Å². The van der Waals surface area contributed by atoms with Crippen LogP contribution in [0.1, 0.15) is 11.1 Å². The molecule has 0 fully saturated rings. The lowest BCUT2D eigenvalue weighted by Gasteiger charge is -2.06. The van der Waals surface area contributed by atoms with E-state index in [0.29, 0.717) is 11.6 Å². The Morgan fingerprint density at radius 1 is 1.16 bits per heavy atom. The molecule has 0 saturated carbocycles. The van der Waals surface area contributed by atoms with Gasteiger partial charge in [-0.2, -0.15) is 5.10 Å². The topological polar surface area (TPSA) is 92.3 Å². The van der Waals surface area contributed by atoms with Gasteiger partial charge in [0.05, 0.1) is 6.21 Å². The summed E-state index contributed by atoms with van der Waals surface area (Å²) in [6, 6.07) is 14.9. The van der Waals surface area contributed by atoms with E-state index in [1.807, 2.05) is 48.5 Å². The Hall–Kier alpha value is -3.19. The summed E-state index contributed by atoms with van der Waals surface area (Å²) in [7, 11) is 0. The maximum Gasteiger partial charge on any atom is 0.271 e. The highest BCUT2D eigenvalue weighted by molar-refractivity contribution is 6.30. The average molecular weight is 356 g/mol. The van der Waals surface area contributed by atoms with Crippen LogP contribution in [0.5, 0.6) is 5.75 Å². The van der Waals surface area contributed by atoms with E-state index in [9.17, 15) is 4.79 Å². The van der Waals surface area contributed by atoms with Gasteiger partial charge >= 0.3 is 0 Å². The summed E-state index contributed by atoms with van der Waals surface area (Å²) in [4.78, 5) is 13.5. The Balaban J connectivity index is 1.53. The predicted molar refractivity (Wildman–Crippen MR) is 96.1 cm³/mol. The van der Waals surface area contributed by atoms with Gasteiger partial charge in [-0.3, -0.25) is 9.78 Å². The second-order valence-electron chi connectivity index (χ2n) is 5.04. The van der Waals surface area contributed by atoms with E-state index < -0.39 is 0 Å². The second kappa shape index (κ2) is 8.07. The summed E-state index contributed by atoms with van der Waals surface area (Å²) in [5.41, 5.74) is 4.14. The molecule has 2 aromatic carbocycles. The van der Waals surface area contributed by atoms with E-state index >= 15 is 0 Å². The first-order valence-electron chi connectivity index (χ1n) is 7.37. The van der Waals surface area contributed by atoms with Gasteiger partial charge in [0, 0.05) is 5.02 Å². The first-order valence-corrected chi connectivity index (χ1v) is 7.75. The number of aromatic nitrogens is 3. The third kappa shape index (κ3) is 5.15. The van der Waals surface area contributed by atoms with Crippen molar-refractivity contribution in [2.75, 3.05) is 5.43 Å². The van der Waals surface area contributed by atoms with Crippen molar-refractivity contribution >= 4 is 23.8 Å². The first kappa shape index (κ1) is 16.7. The zero-order valence-corrected chi connectivity index (χ0v) is 13.8. The van der Waals surface area contributed by atoms with Gasteiger partial charge in [-0.25, -0.2) is 5.43 Å². The van der Waals surface area contributed by atoms with Crippen LogP contribution in [-0.4, -0.2) is 21.4 Å². The molecule has 0 aliphatic carbocycles. The van der Waals surface area contributed by atoms with Crippen LogP contribution in [0.2, 0.25) is 5.02 Å². The molecule has 0 aliphatic heterocycles. The summed E-state index contributed by atoms with van der Waals surface area (Å²) < 4.78 is 5.71. The predicted octanol–water partition coefficient (Wildman–Crippen LogP) is 2.84. The molecule has 3 aromatic rings. The number of hydrogen-bond acceptors (Lipinski definition) is 6. The van der Waals surface area contributed by atoms with E-state index in [1.54, 1.807) is 6.21 Å². The number of H-pyrrole nitrogens is 1. The normalized spacial score (nSPS) is 10.8. The molecule has 0 unspecified atom stereocenters. The lowest BCUT2D eigenvalue weighted by Crippen LogP contribution is -2.10. The highest BCUT2D eigenvalue weighted by Crippen LogP contribution is 2.15. The fourth-order valence-corrected chi connectivity index (χ4v) is 2.05. The number of hydrazone groups is 1. The number of nitrogens with one attached hydrogen (secondary N) is 2. The van der Waals surface area contributed by atoms with Crippen LogP contribution in [0.3, 0.4) is 0 Å². The third-order valence-electron chi connectivity index (χ3n) is 3.16. The quantitative estimate of drug-likeness (QED) is 0.524. The number of rotatable bonds is 6. The fraction of sp³-hybridized carbons (Fsp3) is 0.0588. The molecule has 1 heterocycles.